The van der Waals surface area contributed by atoms with Crippen LogP contribution in [0.2, 0.25) is 0 Å². The normalized spacial score (nSPS) is 19.0. The van der Waals surface area contributed by atoms with Gasteiger partial charge in [-0.1, -0.05) is 26.3 Å². The molecule has 0 N–H and O–H groups in total. The molecule has 0 radical (unpaired) electrons. The van der Waals surface area contributed by atoms with Crippen molar-refractivity contribution in [1.29, 1.82) is 0 Å². The molecule has 0 unspecified atom stereocenters. The predicted molar refractivity (Wildman–Crippen MR) is 112 cm³/mol. The zero-order valence-corrected chi connectivity index (χ0v) is 19.3. The lowest BCUT2D eigenvalue weighted by Crippen LogP contribution is -2.30. The van der Waals surface area contributed by atoms with Crippen molar-refractivity contribution in [1.82, 2.24) is 0 Å². The van der Waals surface area contributed by atoms with E-state index in [0.29, 0.717) is 5.57 Å². The Balaban J connectivity index is 2.84. The van der Waals surface area contributed by atoms with Crippen molar-refractivity contribution in [2.24, 2.45) is 10.8 Å². The molecule has 0 aromatic heterocycles. The molecule has 2 aliphatic rings. The summed E-state index contributed by atoms with van der Waals surface area (Å²) in [6, 6.07) is 0. The van der Waals surface area contributed by atoms with Gasteiger partial charge in [0.2, 0.25) is 0 Å². The Hall–Kier alpha value is -1.62. The second-order valence-electron chi connectivity index (χ2n) is 9.38. The summed E-state index contributed by atoms with van der Waals surface area (Å²) in [7, 11) is 0. The number of rotatable bonds is 0. The van der Waals surface area contributed by atoms with Gasteiger partial charge in [-0.2, -0.15) is 26.3 Å². The van der Waals surface area contributed by atoms with Crippen LogP contribution in [0.5, 0.6) is 0 Å². The van der Waals surface area contributed by atoms with E-state index in [2.05, 4.69) is 5.73 Å². The maximum Gasteiger partial charge on any atom is 0.454 e. The van der Waals surface area contributed by atoms with Crippen molar-refractivity contribution in [3.8, 4) is 0 Å². The second kappa shape index (κ2) is 8.06. The molecule has 0 aromatic rings. The third kappa shape index (κ3) is 5.79. The molecule has 31 heavy (non-hydrogen) atoms. The minimum Gasteiger partial charge on any atom is -0.202 e. The smallest absolute Gasteiger partial charge is 0.202 e. The zero-order valence-electron chi connectivity index (χ0n) is 17.8. The van der Waals surface area contributed by atoms with Crippen molar-refractivity contribution >= 4 is 23.2 Å². The van der Waals surface area contributed by atoms with Gasteiger partial charge in [0.15, 0.2) is 0 Å². The monoisotopic (exact) mass is 482 g/mol. The van der Waals surface area contributed by atoms with Gasteiger partial charge < -0.3 is 0 Å². The molecule has 0 aromatic carbocycles. The van der Waals surface area contributed by atoms with Gasteiger partial charge in [0.1, 0.15) is 11.5 Å². The van der Waals surface area contributed by atoms with Gasteiger partial charge in [-0.05, 0) is 36.6 Å². The molecule has 8 heteroatoms. The summed E-state index contributed by atoms with van der Waals surface area (Å²) in [5, 5.41) is -0.169. The molecule has 0 nitrogen and oxygen atoms in total. The third-order valence-electron chi connectivity index (χ3n) is 4.77. The zero-order chi connectivity index (χ0) is 24.2. The Morgan fingerprint density at radius 2 is 1.39 bits per heavy atom. The molecular weight excluding hydrogens is 461 g/mol. The standard InChI is InChI=1S/C23H22Cl2F6/c1-20(2,3)12-7-16(22(26,27)28)14(17(8-12)23(29,30)31)11-15-18(24)9-13(10-19(15)25)21(4,5)6/h7-10H,1-6H3. The van der Waals surface area contributed by atoms with Crippen LogP contribution in [-0.4, -0.2) is 12.4 Å². The number of hydrogen-bond donors (Lipinski definition) is 0. The third-order valence-corrected chi connectivity index (χ3v) is 5.37. The van der Waals surface area contributed by atoms with E-state index < -0.39 is 34.8 Å². The Labute approximate surface area is 188 Å². The Bertz CT molecular complexity index is 935. The molecule has 0 fully saturated rings. The lowest BCUT2D eigenvalue weighted by molar-refractivity contribution is -0.109. The molecular formula is C23H22Cl2F6. The average molecular weight is 483 g/mol. The fourth-order valence-electron chi connectivity index (χ4n) is 2.91. The lowest BCUT2D eigenvalue weighted by Gasteiger charge is -2.33. The predicted octanol–water partition coefficient (Wildman–Crippen LogP) is 8.93. The minimum absolute atomic E-state index is 0.0847. The first-order valence-electron chi connectivity index (χ1n) is 9.32. The molecule has 0 saturated heterocycles. The summed E-state index contributed by atoms with van der Waals surface area (Å²) in [4.78, 5) is 0. The van der Waals surface area contributed by atoms with Crippen molar-refractivity contribution in [2.75, 3.05) is 0 Å². The van der Waals surface area contributed by atoms with Crippen molar-refractivity contribution in [3.05, 3.63) is 74.2 Å². The minimum atomic E-state index is -5.05. The van der Waals surface area contributed by atoms with Crippen LogP contribution in [0.4, 0.5) is 26.3 Å². The molecule has 0 spiro atoms. The largest absolute Gasteiger partial charge is 0.454 e. The van der Waals surface area contributed by atoms with E-state index in [1.165, 1.54) is 32.9 Å². The van der Waals surface area contributed by atoms with Crippen LogP contribution in [0.15, 0.2) is 62.9 Å². The maximum atomic E-state index is 13.8. The topological polar surface area (TPSA) is 0 Å². The van der Waals surface area contributed by atoms with Crippen molar-refractivity contribution in [3.63, 3.8) is 0 Å². The SMILES string of the molecule is CC(C)(C)C1=C[C+](C(F)(F)F)C(=C=C2C(Cl)=CC(C(C)(C)C)=C[C-]2Cl)C(C(F)(F)F)=C1. The first-order valence-corrected chi connectivity index (χ1v) is 10.1. The van der Waals surface area contributed by atoms with Crippen LogP contribution in [0, 0.1) is 22.1 Å². The quantitative estimate of drug-likeness (QED) is 0.183. The van der Waals surface area contributed by atoms with E-state index in [1.54, 1.807) is 0 Å². The highest BCUT2D eigenvalue weighted by atomic mass is 35.5. The highest BCUT2D eigenvalue weighted by Crippen LogP contribution is 2.50. The fourth-order valence-corrected chi connectivity index (χ4v) is 3.49. The Morgan fingerprint density at radius 1 is 0.871 bits per heavy atom. The molecule has 2 rings (SSSR count). The van der Waals surface area contributed by atoms with Crippen LogP contribution in [0.3, 0.4) is 0 Å². The summed E-state index contributed by atoms with van der Waals surface area (Å²) in [6.45, 7) is 10.2. The number of allylic oxidation sites excluding steroid dienone is 9. The lowest BCUT2D eigenvalue weighted by atomic mass is 9.76. The highest BCUT2D eigenvalue weighted by Gasteiger charge is 2.54. The van der Waals surface area contributed by atoms with E-state index in [-0.39, 0.29) is 27.0 Å². The summed E-state index contributed by atoms with van der Waals surface area (Å²) in [5.74, 6) is -1.45. The van der Waals surface area contributed by atoms with Gasteiger partial charge in [0.05, 0.1) is 5.57 Å². The van der Waals surface area contributed by atoms with E-state index in [4.69, 9.17) is 23.2 Å². The molecule has 0 atom stereocenters. The van der Waals surface area contributed by atoms with Crippen LogP contribution in [-0.2, 0) is 0 Å². The molecule has 0 heterocycles. The molecule has 0 aliphatic heterocycles. The number of hydrogen-bond acceptors (Lipinski definition) is 0. The molecule has 0 saturated carbocycles. The Morgan fingerprint density at radius 3 is 1.77 bits per heavy atom. The average Bonchev–Trinajstić information content (AvgIpc) is 2.53. The van der Waals surface area contributed by atoms with Gasteiger partial charge in [-0.15, -0.1) is 40.9 Å². The number of alkyl halides is 6. The Kier molecular flexibility index (Phi) is 6.67. The van der Waals surface area contributed by atoms with Crippen LogP contribution >= 0.6 is 23.2 Å². The van der Waals surface area contributed by atoms with Crippen molar-refractivity contribution in [2.45, 2.75) is 53.9 Å². The summed E-state index contributed by atoms with van der Waals surface area (Å²) in [5.41, 5.74) is -1.30. The van der Waals surface area contributed by atoms with Crippen LogP contribution < -0.4 is 0 Å². The van der Waals surface area contributed by atoms with Gasteiger partial charge in [0, 0.05) is 23.1 Å². The van der Waals surface area contributed by atoms with Gasteiger partial charge >= 0.3 is 12.4 Å². The van der Waals surface area contributed by atoms with E-state index >= 15 is 0 Å². The van der Waals surface area contributed by atoms with E-state index in [0.717, 1.165) is 12.2 Å². The van der Waals surface area contributed by atoms with E-state index in [9.17, 15) is 26.3 Å². The summed E-state index contributed by atoms with van der Waals surface area (Å²) < 4.78 is 83.0. The van der Waals surface area contributed by atoms with Crippen molar-refractivity contribution < 1.29 is 26.3 Å². The number of halogens is 8. The summed E-state index contributed by atoms with van der Waals surface area (Å²) >= 11 is 12.4. The van der Waals surface area contributed by atoms with E-state index in [1.807, 2.05) is 20.8 Å². The first-order chi connectivity index (χ1) is 13.7. The molecule has 2 aliphatic carbocycles. The fraction of sp³-hybridized carbons (Fsp3) is 0.435. The van der Waals surface area contributed by atoms with Gasteiger partial charge in [-0.25, -0.2) is 5.73 Å². The first kappa shape index (κ1) is 25.6. The molecule has 170 valence electrons. The highest BCUT2D eigenvalue weighted by molar-refractivity contribution is 6.38. The molecule has 0 amide bonds. The molecule has 0 bridgehead atoms. The van der Waals surface area contributed by atoms with Crippen LogP contribution in [0.25, 0.3) is 0 Å². The van der Waals surface area contributed by atoms with Gasteiger partial charge in [0.25, 0.3) is 0 Å². The summed E-state index contributed by atoms with van der Waals surface area (Å²) in [6.07, 6.45) is -5.70. The van der Waals surface area contributed by atoms with Gasteiger partial charge in [-0.3, -0.25) is 0 Å². The maximum absolute atomic E-state index is 13.8. The second-order valence-corrected chi connectivity index (χ2v) is 10.2. The van der Waals surface area contributed by atoms with Crippen LogP contribution in [0.1, 0.15) is 41.5 Å².